The Morgan fingerprint density at radius 3 is 2.32 bits per heavy atom. The average Bonchev–Trinajstić information content (AvgIpc) is 2.59. The van der Waals surface area contributed by atoms with E-state index in [2.05, 4.69) is 22.0 Å². The summed E-state index contributed by atoms with van der Waals surface area (Å²) in [6, 6.07) is 0. The summed E-state index contributed by atoms with van der Waals surface area (Å²) in [7, 11) is 0. The van der Waals surface area contributed by atoms with Crippen LogP contribution < -0.4 is 5.32 Å². The number of ether oxygens (including phenoxy) is 1. The van der Waals surface area contributed by atoms with Crippen LogP contribution in [0.15, 0.2) is 0 Å². The molecule has 2 rings (SSSR count). The number of carbonyl (C=O) groups excluding carboxylic acids is 2. The Balaban J connectivity index is 1.59. The molecule has 7 heteroatoms. The van der Waals surface area contributed by atoms with E-state index in [0.717, 1.165) is 58.9 Å². The highest BCUT2D eigenvalue weighted by Crippen LogP contribution is 2.02. The number of hydrogen-bond donors (Lipinski definition) is 1. The molecule has 2 fully saturated rings. The minimum atomic E-state index is -0.466. The number of nitrogens with one attached hydrogen (secondary N) is 1. The number of morpholine rings is 1. The summed E-state index contributed by atoms with van der Waals surface area (Å²) in [4.78, 5) is 30.2. The highest BCUT2D eigenvalue weighted by atomic mass is 16.5. The molecule has 7 nitrogen and oxygen atoms in total. The van der Waals surface area contributed by atoms with Gasteiger partial charge in [0, 0.05) is 45.8 Å². The van der Waals surface area contributed by atoms with Crippen LogP contribution in [0.1, 0.15) is 13.3 Å². The molecule has 126 valence electrons. The molecule has 0 aliphatic carbocycles. The van der Waals surface area contributed by atoms with Crippen LogP contribution >= 0.6 is 0 Å². The maximum absolute atomic E-state index is 12.1. The van der Waals surface area contributed by atoms with Crippen LogP contribution in [0.4, 0.5) is 0 Å². The zero-order valence-corrected chi connectivity index (χ0v) is 13.6. The number of carbonyl (C=O) groups is 2. The number of amides is 2. The number of rotatable bonds is 5. The fourth-order valence-electron chi connectivity index (χ4n) is 2.82. The lowest BCUT2D eigenvalue weighted by molar-refractivity contribution is -0.147. The summed E-state index contributed by atoms with van der Waals surface area (Å²) in [5.74, 6) is -0.853. The van der Waals surface area contributed by atoms with Gasteiger partial charge >= 0.3 is 11.8 Å². The van der Waals surface area contributed by atoms with Crippen molar-refractivity contribution in [2.75, 3.05) is 72.1 Å². The smallest absolute Gasteiger partial charge is 0.311 e. The predicted octanol–water partition coefficient (Wildman–Crippen LogP) is -1.01. The SMILES string of the molecule is CCN1CCN(C(=O)C(=O)NCCCN2CCOCC2)CC1. The summed E-state index contributed by atoms with van der Waals surface area (Å²) >= 11 is 0. The lowest BCUT2D eigenvalue weighted by Gasteiger charge is -2.33. The van der Waals surface area contributed by atoms with E-state index >= 15 is 0 Å². The normalized spacial score (nSPS) is 20.9. The molecule has 2 amide bonds. The van der Waals surface area contributed by atoms with E-state index in [4.69, 9.17) is 4.74 Å². The summed E-state index contributed by atoms with van der Waals surface area (Å²) < 4.78 is 5.29. The van der Waals surface area contributed by atoms with Crippen LogP contribution in [0.2, 0.25) is 0 Å². The second-order valence-corrected chi connectivity index (χ2v) is 5.79. The molecule has 2 aliphatic rings. The van der Waals surface area contributed by atoms with E-state index in [9.17, 15) is 9.59 Å². The number of hydrogen-bond acceptors (Lipinski definition) is 5. The summed E-state index contributed by atoms with van der Waals surface area (Å²) in [6.45, 7) is 11.1. The van der Waals surface area contributed by atoms with Gasteiger partial charge in [-0.25, -0.2) is 0 Å². The lowest BCUT2D eigenvalue weighted by Crippen LogP contribution is -2.52. The van der Waals surface area contributed by atoms with Crippen molar-refractivity contribution in [2.45, 2.75) is 13.3 Å². The van der Waals surface area contributed by atoms with E-state index in [1.165, 1.54) is 0 Å². The molecule has 0 bridgehead atoms. The van der Waals surface area contributed by atoms with Crippen LogP contribution in [-0.2, 0) is 14.3 Å². The van der Waals surface area contributed by atoms with Gasteiger partial charge < -0.3 is 19.9 Å². The molecule has 0 atom stereocenters. The molecule has 1 N–H and O–H groups in total. The molecule has 0 aromatic heterocycles. The fourth-order valence-corrected chi connectivity index (χ4v) is 2.82. The zero-order chi connectivity index (χ0) is 15.8. The van der Waals surface area contributed by atoms with Gasteiger partial charge in [-0.3, -0.25) is 14.5 Å². The maximum Gasteiger partial charge on any atom is 0.311 e. The third kappa shape index (κ3) is 5.23. The third-order valence-corrected chi connectivity index (χ3v) is 4.34. The zero-order valence-electron chi connectivity index (χ0n) is 13.6. The molecule has 0 aromatic carbocycles. The molecule has 22 heavy (non-hydrogen) atoms. The standard InChI is InChI=1S/C15H28N4O3/c1-2-17-6-8-19(9-7-17)15(21)14(20)16-4-3-5-18-10-12-22-13-11-18/h2-13H2,1H3,(H,16,20). The molecule has 2 saturated heterocycles. The largest absolute Gasteiger partial charge is 0.379 e. The summed E-state index contributed by atoms with van der Waals surface area (Å²) in [5.41, 5.74) is 0. The molecular formula is C15H28N4O3. The van der Waals surface area contributed by atoms with Gasteiger partial charge in [0.1, 0.15) is 0 Å². The first-order valence-corrected chi connectivity index (χ1v) is 8.30. The van der Waals surface area contributed by atoms with Crippen LogP contribution in [0, 0.1) is 0 Å². The number of nitrogens with zero attached hydrogens (tertiary/aromatic N) is 3. The third-order valence-electron chi connectivity index (χ3n) is 4.34. The first-order valence-electron chi connectivity index (χ1n) is 8.30. The van der Waals surface area contributed by atoms with Crippen LogP contribution in [-0.4, -0.2) is 98.6 Å². The Labute approximate surface area is 132 Å². The van der Waals surface area contributed by atoms with Gasteiger partial charge in [0.25, 0.3) is 0 Å². The molecule has 0 radical (unpaired) electrons. The Bertz CT molecular complexity index is 364. The number of piperazine rings is 1. The van der Waals surface area contributed by atoms with Crippen molar-refractivity contribution >= 4 is 11.8 Å². The second kappa shape index (κ2) is 9.07. The molecule has 2 heterocycles. The minimum absolute atomic E-state index is 0.387. The van der Waals surface area contributed by atoms with Gasteiger partial charge in [-0.05, 0) is 19.5 Å². The fraction of sp³-hybridized carbons (Fsp3) is 0.867. The van der Waals surface area contributed by atoms with Gasteiger partial charge in [-0.2, -0.15) is 0 Å². The van der Waals surface area contributed by atoms with Gasteiger partial charge in [0.05, 0.1) is 13.2 Å². The van der Waals surface area contributed by atoms with Gasteiger partial charge in [0.15, 0.2) is 0 Å². The molecule has 0 aromatic rings. The van der Waals surface area contributed by atoms with Crippen molar-refractivity contribution in [3.63, 3.8) is 0 Å². The minimum Gasteiger partial charge on any atom is -0.379 e. The van der Waals surface area contributed by atoms with Crippen molar-refractivity contribution in [1.82, 2.24) is 20.0 Å². The van der Waals surface area contributed by atoms with E-state index in [1.807, 2.05) is 0 Å². The Morgan fingerprint density at radius 2 is 1.68 bits per heavy atom. The van der Waals surface area contributed by atoms with Crippen molar-refractivity contribution in [3.05, 3.63) is 0 Å². The average molecular weight is 312 g/mol. The van der Waals surface area contributed by atoms with E-state index in [-0.39, 0.29) is 5.91 Å². The lowest BCUT2D eigenvalue weighted by atomic mass is 10.3. The van der Waals surface area contributed by atoms with E-state index in [1.54, 1.807) is 4.90 Å². The topological polar surface area (TPSA) is 65.1 Å². The molecule has 2 aliphatic heterocycles. The van der Waals surface area contributed by atoms with Crippen molar-refractivity contribution < 1.29 is 14.3 Å². The first kappa shape index (κ1) is 17.2. The van der Waals surface area contributed by atoms with Crippen LogP contribution in [0.25, 0.3) is 0 Å². The highest BCUT2D eigenvalue weighted by Gasteiger charge is 2.25. The summed E-state index contributed by atoms with van der Waals surface area (Å²) in [5, 5.41) is 2.74. The number of likely N-dealkylation sites (N-methyl/N-ethyl adjacent to an activating group) is 1. The predicted molar refractivity (Wildman–Crippen MR) is 83.6 cm³/mol. The van der Waals surface area contributed by atoms with Crippen molar-refractivity contribution in [3.8, 4) is 0 Å². The van der Waals surface area contributed by atoms with E-state index < -0.39 is 5.91 Å². The van der Waals surface area contributed by atoms with Crippen molar-refractivity contribution in [1.29, 1.82) is 0 Å². The Hall–Kier alpha value is -1.18. The van der Waals surface area contributed by atoms with Crippen molar-refractivity contribution in [2.24, 2.45) is 0 Å². The van der Waals surface area contributed by atoms with Gasteiger partial charge in [-0.15, -0.1) is 0 Å². The Morgan fingerprint density at radius 1 is 1.00 bits per heavy atom. The molecule has 0 spiro atoms. The Kier molecular flexibility index (Phi) is 7.08. The molecule has 0 unspecified atom stereocenters. The highest BCUT2D eigenvalue weighted by molar-refractivity contribution is 6.35. The first-order chi connectivity index (χ1) is 10.7. The second-order valence-electron chi connectivity index (χ2n) is 5.79. The van der Waals surface area contributed by atoms with Gasteiger partial charge in [-0.1, -0.05) is 6.92 Å². The quantitative estimate of drug-likeness (QED) is 0.520. The summed E-state index contributed by atoms with van der Waals surface area (Å²) in [6.07, 6.45) is 0.864. The molecular weight excluding hydrogens is 284 g/mol. The van der Waals surface area contributed by atoms with Crippen LogP contribution in [0.3, 0.4) is 0 Å². The monoisotopic (exact) mass is 312 g/mol. The molecule has 0 saturated carbocycles. The maximum atomic E-state index is 12.1. The van der Waals surface area contributed by atoms with E-state index in [0.29, 0.717) is 19.6 Å². The van der Waals surface area contributed by atoms with Gasteiger partial charge in [0.2, 0.25) is 0 Å². The van der Waals surface area contributed by atoms with Crippen LogP contribution in [0.5, 0.6) is 0 Å².